The molecular weight excluding hydrogens is 273 g/mol. The highest BCUT2D eigenvalue weighted by molar-refractivity contribution is 6.04. The molecule has 108 valence electrons. The Morgan fingerprint density at radius 1 is 1.10 bits per heavy atom. The number of anilines is 1. The van der Waals surface area contributed by atoms with Gasteiger partial charge < -0.3 is 10.4 Å². The minimum absolute atomic E-state index is 0.0186. The predicted molar refractivity (Wildman–Crippen MR) is 76.8 cm³/mol. The molecular formula is C16H14FNO3. The van der Waals surface area contributed by atoms with Crippen LogP contribution in [0.1, 0.15) is 22.3 Å². The normalized spacial score (nSPS) is 10.1. The van der Waals surface area contributed by atoms with Crippen molar-refractivity contribution in [3.8, 4) is 0 Å². The molecule has 4 nitrogen and oxygen atoms in total. The van der Waals surface area contributed by atoms with E-state index in [1.807, 2.05) is 0 Å². The second-order valence-electron chi connectivity index (χ2n) is 4.53. The van der Waals surface area contributed by atoms with Gasteiger partial charge in [0.15, 0.2) is 0 Å². The molecule has 2 aromatic carbocycles. The average molecular weight is 287 g/mol. The van der Waals surface area contributed by atoms with E-state index in [0.29, 0.717) is 12.1 Å². The maximum Gasteiger partial charge on any atom is 0.303 e. The summed E-state index contributed by atoms with van der Waals surface area (Å²) in [5, 5.41) is 11.3. The summed E-state index contributed by atoms with van der Waals surface area (Å²) < 4.78 is 13.5. The SMILES string of the molecule is O=C(O)CCc1cccc(NC(=O)c2ccccc2F)c1. The van der Waals surface area contributed by atoms with Crippen LogP contribution in [0.4, 0.5) is 10.1 Å². The molecule has 21 heavy (non-hydrogen) atoms. The molecule has 5 heteroatoms. The van der Waals surface area contributed by atoms with Crippen LogP contribution in [0.15, 0.2) is 48.5 Å². The van der Waals surface area contributed by atoms with Crippen LogP contribution in [0.2, 0.25) is 0 Å². The van der Waals surface area contributed by atoms with Gasteiger partial charge in [-0.3, -0.25) is 9.59 Å². The van der Waals surface area contributed by atoms with Gasteiger partial charge in [-0.1, -0.05) is 24.3 Å². The van der Waals surface area contributed by atoms with Crippen LogP contribution in [0.25, 0.3) is 0 Å². The zero-order valence-corrected chi connectivity index (χ0v) is 11.2. The van der Waals surface area contributed by atoms with Gasteiger partial charge in [0.25, 0.3) is 5.91 Å². The fourth-order valence-corrected chi connectivity index (χ4v) is 1.90. The lowest BCUT2D eigenvalue weighted by atomic mass is 10.1. The smallest absolute Gasteiger partial charge is 0.303 e. The molecule has 0 aliphatic rings. The van der Waals surface area contributed by atoms with Crippen molar-refractivity contribution in [2.45, 2.75) is 12.8 Å². The van der Waals surface area contributed by atoms with Crippen LogP contribution >= 0.6 is 0 Å². The first-order valence-electron chi connectivity index (χ1n) is 6.43. The quantitative estimate of drug-likeness (QED) is 0.888. The Balaban J connectivity index is 2.09. The summed E-state index contributed by atoms with van der Waals surface area (Å²) in [7, 11) is 0. The monoisotopic (exact) mass is 287 g/mol. The van der Waals surface area contributed by atoms with Gasteiger partial charge in [0.05, 0.1) is 5.56 Å². The van der Waals surface area contributed by atoms with Gasteiger partial charge in [-0.05, 0) is 36.2 Å². The van der Waals surface area contributed by atoms with Crippen LogP contribution in [0.3, 0.4) is 0 Å². The lowest BCUT2D eigenvalue weighted by molar-refractivity contribution is -0.136. The summed E-state index contributed by atoms with van der Waals surface area (Å²) in [6.07, 6.45) is 0.392. The zero-order valence-electron chi connectivity index (χ0n) is 11.2. The minimum Gasteiger partial charge on any atom is -0.481 e. The molecule has 1 amide bonds. The van der Waals surface area contributed by atoms with Gasteiger partial charge in [-0.15, -0.1) is 0 Å². The highest BCUT2D eigenvalue weighted by atomic mass is 19.1. The molecule has 2 N–H and O–H groups in total. The van der Waals surface area contributed by atoms with Crippen LogP contribution in [0, 0.1) is 5.82 Å². The molecule has 0 spiro atoms. The molecule has 0 atom stereocenters. The van der Waals surface area contributed by atoms with Crippen LogP contribution in [-0.2, 0) is 11.2 Å². The Morgan fingerprint density at radius 2 is 1.86 bits per heavy atom. The fraction of sp³-hybridized carbons (Fsp3) is 0.125. The highest BCUT2D eigenvalue weighted by Gasteiger charge is 2.11. The van der Waals surface area contributed by atoms with Crippen molar-refractivity contribution in [1.82, 2.24) is 0 Å². The number of aliphatic carboxylic acids is 1. The molecule has 0 saturated heterocycles. The Bertz CT molecular complexity index is 670. The largest absolute Gasteiger partial charge is 0.481 e. The molecule has 0 radical (unpaired) electrons. The molecule has 0 unspecified atom stereocenters. The van der Waals surface area contributed by atoms with Crippen molar-refractivity contribution >= 4 is 17.6 Å². The van der Waals surface area contributed by atoms with Crippen molar-refractivity contribution in [2.24, 2.45) is 0 Å². The van der Waals surface area contributed by atoms with Gasteiger partial charge in [-0.25, -0.2) is 4.39 Å². The molecule has 2 aromatic rings. The van der Waals surface area contributed by atoms with E-state index in [2.05, 4.69) is 5.32 Å². The van der Waals surface area contributed by atoms with E-state index < -0.39 is 17.7 Å². The Hall–Kier alpha value is -2.69. The van der Waals surface area contributed by atoms with E-state index in [1.54, 1.807) is 30.3 Å². The minimum atomic E-state index is -0.879. The number of carboxylic acids is 1. The maximum absolute atomic E-state index is 13.5. The molecule has 2 rings (SSSR count). The lowest BCUT2D eigenvalue weighted by Gasteiger charge is -2.07. The van der Waals surface area contributed by atoms with E-state index in [1.165, 1.54) is 18.2 Å². The number of halogens is 1. The first-order chi connectivity index (χ1) is 10.1. The number of hydrogen-bond donors (Lipinski definition) is 2. The topological polar surface area (TPSA) is 66.4 Å². The number of rotatable bonds is 5. The third-order valence-corrected chi connectivity index (χ3v) is 2.93. The predicted octanol–water partition coefficient (Wildman–Crippen LogP) is 3.10. The number of aryl methyl sites for hydroxylation is 1. The number of carbonyl (C=O) groups is 2. The van der Waals surface area contributed by atoms with Crippen LogP contribution < -0.4 is 5.32 Å². The molecule has 0 heterocycles. The van der Waals surface area contributed by atoms with E-state index in [9.17, 15) is 14.0 Å². The molecule has 0 aliphatic carbocycles. The van der Waals surface area contributed by atoms with Crippen LogP contribution in [-0.4, -0.2) is 17.0 Å². The summed E-state index contributed by atoms with van der Waals surface area (Å²) in [6.45, 7) is 0. The summed E-state index contributed by atoms with van der Waals surface area (Å²) in [5.74, 6) is -2.00. The molecule has 0 aromatic heterocycles. The molecule has 0 bridgehead atoms. The van der Waals surface area contributed by atoms with Crippen molar-refractivity contribution < 1.29 is 19.1 Å². The van der Waals surface area contributed by atoms with Gasteiger partial charge in [-0.2, -0.15) is 0 Å². The number of nitrogens with one attached hydrogen (secondary N) is 1. The average Bonchev–Trinajstić information content (AvgIpc) is 2.46. The number of hydrogen-bond acceptors (Lipinski definition) is 2. The number of benzene rings is 2. The maximum atomic E-state index is 13.5. The van der Waals surface area contributed by atoms with E-state index in [0.717, 1.165) is 5.56 Å². The molecule has 0 aliphatic heterocycles. The van der Waals surface area contributed by atoms with Gasteiger partial charge >= 0.3 is 5.97 Å². The Kier molecular flexibility index (Phi) is 4.66. The van der Waals surface area contributed by atoms with Crippen molar-refractivity contribution in [1.29, 1.82) is 0 Å². The number of amides is 1. The summed E-state index contributed by atoms with van der Waals surface area (Å²) in [5.41, 5.74) is 1.27. The van der Waals surface area contributed by atoms with E-state index >= 15 is 0 Å². The second-order valence-corrected chi connectivity index (χ2v) is 4.53. The van der Waals surface area contributed by atoms with Crippen LogP contribution in [0.5, 0.6) is 0 Å². The lowest BCUT2D eigenvalue weighted by Crippen LogP contribution is -2.13. The summed E-state index contributed by atoms with van der Waals surface area (Å²) in [6, 6.07) is 12.6. The van der Waals surface area contributed by atoms with Gasteiger partial charge in [0.1, 0.15) is 5.82 Å². The fourth-order valence-electron chi connectivity index (χ4n) is 1.90. The Labute approximate surface area is 121 Å². The highest BCUT2D eigenvalue weighted by Crippen LogP contribution is 2.15. The molecule has 0 saturated carbocycles. The van der Waals surface area contributed by atoms with E-state index in [-0.39, 0.29) is 12.0 Å². The Morgan fingerprint density at radius 3 is 2.57 bits per heavy atom. The number of carboxylic acid groups (broad SMARTS) is 1. The van der Waals surface area contributed by atoms with Crippen molar-refractivity contribution in [2.75, 3.05) is 5.32 Å². The van der Waals surface area contributed by atoms with Crippen molar-refractivity contribution in [3.63, 3.8) is 0 Å². The second kappa shape index (κ2) is 6.65. The third-order valence-electron chi connectivity index (χ3n) is 2.93. The number of carbonyl (C=O) groups excluding carboxylic acids is 1. The first-order valence-corrected chi connectivity index (χ1v) is 6.43. The zero-order chi connectivity index (χ0) is 15.2. The molecule has 0 fully saturated rings. The first kappa shape index (κ1) is 14.7. The summed E-state index contributed by atoms with van der Waals surface area (Å²) >= 11 is 0. The summed E-state index contributed by atoms with van der Waals surface area (Å²) in [4.78, 5) is 22.5. The van der Waals surface area contributed by atoms with Crippen molar-refractivity contribution in [3.05, 3.63) is 65.5 Å². The standard InChI is InChI=1S/C16H14FNO3/c17-14-7-2-1-6-13(14)16(21)18-12-5-3-4-11(10-12)8-9-15(19)20/h1-7,10H,8-9H2,(H,18,21)(H,19,20). The van der Waals surface area contributed by atoms with Gasteiger partial charge in [0.2, 0.25) is 0 Å². The third kappa shape index (κ3) is 4.14. The van der Waals surface area contributed by atoms with E-state index in [4.69, 9.17) is 5.11 Å². The van der Waals surface area contributed by atoms with Gasteiger partial charge in [0, 0.05) is 12.1 Å².